The number of carboxylic acids is 1. The van der Waals surface area contributed by atoms with Crippen LogP contribution >= 0.6 is 23.2 Å². The maximum absolute atomic E-state index is 13.0. The lowest BCUT2D eigenvalue weighted by Crippen LogP contribution is -2.56. The molecule has 9 nitrogen and oxygen atoms in total. The molecule has 0 saturated heterocycles. The van der Waals surface area contributed by atoms with E-state index in [0.29, 0.717) is 27.1 Å². The van der Waals surface area contributed by atoms with Gasteiger partial charge in [-0.1, -0.05) is 79.5 Å². The minimum atomic E-state index is -5.11. The van der Waals surface area contributed by atoms with Gasteiger partial charge in [-0.2, -0.15) is 13.2 Å². The number of carboxylic acid groups (broad SMARTS) is 1. The van der Waals surface area contributed by atoms with E-state index in [4.69, 9.17) is 37.8 Å². The molecule has 0 saturated carbocycles. The molecule has 0 spiro atoms. The van der Waals surface area contributed by atoms with Crippen molar-refractivity contribution in [3.63, 3.8) is 0 Å². The maximum atomic E-state index is 13.0. The first kappa shape index (κ1) is 36.9. The number of rotatable bonds is 13. The molecule has 0 aliphatic heterocycles. The SMILES string of the molecule is CC(C)[C@H](NC(=O)[C@H](Cc1ccccc1)NC(=O)COc1cccc(Cl)c1)C(=O)C(F)(F)F.O=C(O)COc1cccc(Cl)c1. The number of hydrogen-bond acceptors (Lipinski definition) is 6. The third kappa shape index (κ3) is 13.9. The van der Waals surface area contributed by atoms with Gasteiger partial charge in [-0.25, -0.2) is 4.79 Å². The first-order valence-electron chi connectivity index (χ1n) is 13.4. The monoisotopic (exact) mass is 670 g/mol. The number of ketones is 1. The number of hydrogen-bond donors (Lipinski definition) is 3. The second-order valence-corrected chi connectivity index (χ2v) is 10.7. The maximum Gasteiger partial charge on any atom is 0.452 e. The first-order chi connectivity index (χ1) is 21.1. The van der Waals surface area contributed by atoms with Crippen molar-refractivity contribution in [2.45, 2.75) is 38.5 Å². The van der Waals surface area contributed by atoms with Gasteiger partial charge in [-0.05, 0) is 47.9 Å². The van der Waals surface area contributed by atoms with Gasteiger partial charge >= 0.3 is 12.1 Å². The standard InChI is InChI=1S/C23H24ClF3N2O4.C8H7ClO3/c1-14(2)20(21(31)23(25,26)27)29-22(32)18(11-15-7-4-3-5-8-15)28-19(30)13-33-17-10-6-9-16(24)12-17;9-6-2-1-3-7(4-6)12-5-8(10)11/h3-10,12,14,18,20H,11,13H2,1-2H3,(H,28,30)(H,29,32);1-4H,5H2,(H,10,11)/t18-,20-;/m0./s1. The summed E-state index contributed by atoms with van der Waals surface area (Å²) in [7, 11) is 0. The third-order valence-electron chi connectivity index (χ3n) is 5.79. The fraction of sp³-hybridized carbons (Fsp3) is 0.290. The number of benzene rings is 3. The zero-order chi connectivity index (χ0) is 33.6. The smallest absolute Gasteiger partial charge is 0.452 e. The molecule has 3 rings (SSSR count). The average molecular weight is 671 g/mol. The highest BCUT2D eigenvalue weighted by atomic mass is 35.5. The van der Waals surface area contributed by atoms with Crippen molar-refractivity contribution in [3.05, 3.63) is 94.5 Å². The number of carbonyl (C=O) groups excluding carboxylic acids is 3. The molecule has 2 amide bonds. The molecule has 0 heterocycles. The predicted octanol–water partition coefficient (Wildman–Crippen LogP) is 5.52. The van der Waals surface area contributed by atoms with E-state index in [1.807, 2.05) is 0 Å². The molecule has 242 valence electrons. The lowest BCUT2D eigenvalue weighted by Gasteiger charge is -2.25. The Hall–Kier alpha value is -4.29. The largest absolute Gasteiger partial charge is 0.484 e. The molecule has 3 N–H and O–H groups in total. The Morgan fingerprint density at radius 3 is 1.80 bits per heavy atom. The molecule has 45 heavy (non-hydrogen) atoms. The molecule has 3 aromatic rings. The molecule has 2 atom stereocenters. The van der Waals surface area contributed by atoms with E-state index in [1.54, 1.807) is 72.8 Å². The van der Waals surface area contributed by atoms with Crippen molar-refractivity contribution in [1.29, 1.82) is 0 Å². The Bertz CT molecular complexity index is 1440. The molecule has 0 aliphatic carbocycles. The molecule has 0 fully saturated rings. The highest BCUT2D eigenvalue weighted by molar-refractivity contribution is 6.31. The molecular formula is C31H31Cl2F3N2O7. The summed E-state index contributed by atoms with van der Waals surface area (Å²) in [6.07, 6.45) is -5.11. The first-order valence-corrected chi connectivity index (χ1v) is 14.1. The van der Waals surface area contributed by atoms with Crippen LogP contribution in [0.1, 0.15) is 19.4 Å². The van der Waals surface area contributed by atoms with Crippen molar-refractivity contribution in [1.82, 2.24) is 10.6 Å². The van der Waals surface area contributed by atoms with Gasteiger partial charge in [0.25, 0.3) is 11.7 Å². The summed E-state index contributed by atoms with van der Waals surface area (Å²) in [6.45, 7) is 1.98. The summed E-state index contributed by atoms with van der Waals surface area (Å²) in [5.74, 6) is -4.67. The van der Waals surface area contributed by atoms with Gasteiger partial charge in [0.05, 0.1) is 6.04 Å². The van der Waals surface area contributed by atoms with Gasteiger partial charge in [0, 0.05) is 16.5 Å². The summed E-state index contributed by atoms with van der Waals surface area (Å²) in [5, 5.41) is 13.8. The van der Waals surface area contributed by atoms with Crippen molar-refractivity contribution < 1.29 is 46.9 Å². The van der Waals surface area contributed by atoms with E-state index < -0.39 is 54.4 Å². The number of alkyl halides is 3. The van der Waals surface area contributed by atoms with Crippen molar-refractivity contribution in [2.24, 2.45) is 5.92 Å². The van der Waals surface area contributed by atoms with Crippen LogP contribution in [0.3, 0.4) is 0 Å². The molecule has 0 aliphatic rings. The number of Topliss-reactive ketones (excluding diaryl/α,β-unsaturated/α-hetero) is 1. The Morgan fingerprint density at radius 2 is 1.33 bits per heavy atom. The Kier molecular flexibility index (Phi) is 14.7. The Labute approximate surface area is 267 Å². The van der Waals surface area contributed by atoms with Crippen LogP contribution in [0.15, 0.2) is 78.9 Å². The van der Waals surface area contributed by atoms with Crippen molar-refractivity contribution in [3.8, 4) is 11.5 Å². The van der Waals surface area contributed by atoms with E-state index in [9.17, 15) is 32.3 Å². The van der Waals surface area contributed by atoms with Crippen LogP contribution in [0.4, 0.5) is 13.2 Å². The number of nitrogens with one attached hydrogen (secondary N) is 2. The second-order valence-electron chi connectivity index (χ2n) is 9.79. The van der Waals surface area contributed by atoms with Crippen molar-refractivity contribution in [2.75, 3.05) is 13.2 Å². The summed E-state index contributed by atoms with van der Waals surface area (Å²) in [4.78, 5) is 47.1. The predicted molar refractivity (Wildman–Crippen MR) is 161 cm³/mol. The van der Waals surface area contributed by atoms with E-state index in [2.05, 4.69) is 10.6 Å². The highest BCUT2D eigenvalue weighted by Gasteiger charge is 2.45. The number of amides is 2. The van der Waals surface area contributed by atoms with Gasteiger partial charge in [0.1, 0.15) is 17.5 Å². The number of aliphatic carboxylic acids is 1. The van der Waals surface area contributed by atoms with Gasteiger partial charge in [0.2, 0.25) is 5.91 Å². The van der Waals surface area contributed by atoms with Crippen LogP contribution in [0.25, 0.3) is 0 Å². The number of ether oxygens (including phenoxy) is 2. The molecule has 0 aromatic heterocycles. The molecule has 0 radical (unpaired) electrons. The summed E-state index contributed by atoms with van der Waals surface area (Å²) >= 11 is 11.5. The van der Waals surface area contributed by atoms with Crippen molar-refractivity contribution >= 4 is 46.8 Å². The van der Waals surface area contributed by atoms with Crippen LogP contribution in [-0.4, -0.2) is 60.1 Å². The third-order valence-corrected chi connectivity index (χ3v) is 6.26. The summed E-state index contributed by atoms with van der Waals surface area (Å²) in [5.41, 5.74) is 0.664. The molecule has 14 heteroatoms. The van der Waals surface area contributed by atoms with Crippen LogP contribution < -0.4 is 20.1 Å². The normalized spacial score (nSPS) is 12.2. The van der Waals surface area contributed by atoms with Crippen LogP contribution in [0.5, 0.6) is 11.5 Å². The highest BCUT2D eigenvalue weighted by Crippen LogP contribution is 2.22. The molecule has 3 aromatic carbocycles. The zero-order valence-corrected chi connectivity index (χ0v) is 25.7. The van der Waals surface area contributed by atoms with Gasteiger partial charge in [0.15, 0.2) is 13.2 Å². The topological polar surface area (TPSA) is 131 Å². The van der Waals surface area contributed by atoms with E-state index >= 15 is 0 Å². The lowest BCUT2D eigenvalue weighted by atomic mass is 9.98. The van der Waals surface area contributed by atoms with Gasteiger partial charge in [-0.15, -0.1) is 0 Å². The number of halogens is 5. The van der Waals surface area contributed by atoms with Gasteiger partial charge in [-0.3, -0.25) is 14.4 Å². The van der Waals surface area contributed by atoms with E-state index in [-0.39, 0.29) is 13.0 Å². The van der Waals surface area contributed by atoms with Crippen LogP contribution in [0, 0.1) is 5.92 Å². The fourth-order valence-corrected chi connectivity index (χ4v) is 4.03. The average Bonchev–Trinajstić information content (AvgIpc) is 2.97. The number of carbonyl (C=O) groups is 4. The minimum absolute atomic E-state index is 0.000597. The Morgan fingerprint density at radius 1 is 0.800 bits per heavy atom. The lowest BCUT2D eigenvalue weighted by molar-refractivity contribution is -0.175. The van der Waals surface area contributed by atoms with Crippen LogP contribution in [0.2, 0.25) is 10.0 Å². The van der Waals surface area contributed by atoms with E-state index in [1.165, 1.54) is 19.9 Å². The van der Waals surface area contributed by atoms with Crippen LogP contribution in [-0.2, 0) is 25.6 Å². The minimum Gasteiger partial charge on any atom is -0.484 e. The zero-order valence-electron chi connectivity index (χ0n) is 24.1. The summed E-state index contributed by atoms with van der Waals surface area (Å²) in [6, 6.07) is 18.5. The molecule has 0 bridgehead atoms. The molecule has 0 unspecified atom stereocenters. The quantitative estimate of drug-likeness (QED) is 0.218. The molecular weight excluding hydrogens is 640 g/mol. The second kappa shape index (κ2) is 17.9. The fourth-order valence-electron chi connectivity index (χ4n) is 3.67. The summed E-state index contributed by atoms with van der Waals surface area (Å²) < 4.78 is 49.1. The van der Waals surface area contributed by atoms with E-state index in [0.717, 1.165) is 0 Å². The Balaban J connectivity index is 0.000000490. The van der Waals surface area contributed by atoms with Gasteiger partial charge < -0.3 is 25.2 Å².